The van der Waals surface area contributed by atoms with Gasteiger partial charge in [-0.3, -0.25) is 15.0 Å². The molecule has 2 N–H and O–H groups in total. The number of carbonyl (C=O) groups is 2. The van der Waals surface area contributed by atoms with Crippen LogP contribution in [-0.2, 0) is 4.79 Å². The molecule has 0 aliphatic carbocycles. The minimum absolute atomic E-state index is 0.244. The minimum Gasteiger partial charge on any atom is -0.484 e. The smallest absolute Gasteiger partial charge is 0.276 e. The molecule has 0 fully saturated rings. The van der Waals surface area contributed by atoms with Crippen molar-refractivity contribution in [3.05, 3.63) is 94.5 Å². The number of rotatable bonds is 6. The number of halogens is 1. The number of hydrogen-bond donors (Lipinski definition) is 2. The second-order valence-corrected chi connectivity index (χ2v) is 8.30. The van der Waals surface area contributed by atoms with Crippen molar-refractivity contribution in [2.45, 2.75) is 25.9 Å². The molecule has 0 aromatic heterocycles. The van der Waals surface area contributed by atoms with Crippen LogP contribution in [0, 0.1) is 0 Å². The first-order valence-electron chi connectivity index (χ1n) is 10.4. The van der Waals surface area contributed by atoms with E-state index in [1.54, 1.807) is 36.4 Å². The quantitative estimate of drug-likeness (QED) is 0.546. The van der Waals surface area contributed by atoms with E-state index in [1.807, 2.05) is 36.4 Å². The molecule has 1 atom stereocenters. The summed E-state index contributed by atoms with van der Waals surface area (Å²) in [6, 6.07) is 22.0. The molecule has 32 heavy (non-hydrogen) atoms. The lowest BCUT2D eigenvalue weighted by Crippen LogP contribution is -2.53. The number of hydrazine groups is 1. The molecule has 0 spiro atoms. The fourth-order valence-electron chi connectivity index (χ4n) is 3.51. The zero-order chi connectivity index (χ0) is 22.7. The Morgan fingerprint density at radius 1 is 1.06 bits per heavy atom. The fraction of sp³-hybridized carbons (Fsp3) is 0.200. The van der Waals surface area contributed by atoms with Gasteiger partial charge in [-0.2, -0.15) is 0 Å². The van der Waals surface area contributed by atoms with Crippen LogP contribution in [0.1, 0.15) is 47.4 Å². The van der Waals surface area contributed by atoms with Crippen LogP contribution in [-0.4, -0.2) is 23.4 Å². The Kier molecular flexibility index (Phi) is 6.32. The number of fused-ring (bicyclic) bond motifs is 1. The van der Waals surface area contributed by atoms with Crippen LogP contribution in [0.5, 0.6) is 5.75 Å². The molecule has 3 aromatic rings. The Labute approximate surface area is 192 Å². The number of nitrogens with zero attached hydrogens (tertiary/aromatic N) is 1. The molecule has 0 saturated carbocycles. The lowest BCUT2D eigenvalue weighted by molar-refractivity contribution is -0.127. The highest BCUT2D eigenvalue weighted by molar-refractivity contribution is 6.30. The van der Waals surface area contributed by atoms with Crippen LogP contribution >= 0.6 is 11.6 Å². The van der Waals surface area contributed by atoms with Gasteiger partial charge in [0, 0.05) is 10.7 Å². The maximum Gasteiger partial charge on any atom is 0.276 e. The summed E-state index contributed by atoms with van der Waals surface area (Å²) < 4.78 is 5.52. The van der Waals surface area contributed by atoms with Gasteiger partial charge in [-0.15, -0.1) is 0 Å². The van der Waals surface area contributed by atoms with Crippen molar-refractivity contribution >= 4 is 29.1 Å². The van der Waals surface area contributed by atoms with Crippen molar-refractivity contribution in [2.24, 2.45) is 0 Å². The van der Waals surface area contributed by atoms with Gasteiger partial charge in [0.25, 0.3) is 11.8 Å². The number of hydrogen-bond acceptors (Lipinski definition) is 4. The van der Waals surface area contributed by atoms with E-state index in [4.69, 9.17) is 16.3 Å². The van der Waals surface area contributed by atoms with E-state index in [2.05, 4.69) is 24.6 Å². The molecule has 1 unspecified atom stereocenters. The van der Waals surface area contributed by atoms with E-state index >= 15 is 0 Å². The summed E-state index contributed by atoms with van der Waals surface area (Å²) in [6.07, 6.45) is -0.557. The first kappa shape index (κ1) is 21.7. The largest absolute Gasteiger partial charge is 0.484 e. The number of ether oxygens (including phenoxy) is 1. The number of anilines is 1. The third-order valence-corrected chi connectivity index (χ3v) is 5.53. The summed E-state index contributed by atoms with van der Waals surface area (Å²) >= 11 is 5.88. The van der Waals surface area contributed by atoms with E-state index < -0.39 is 12.1 Å². The standard InChI is InChI=1S/C25H24ClN3O3/c1-16(2)17-7-9-18(10-8-17)24-27-22-6-4-3-5-21(22)25(31)29(24)28-23(30)15-32-20-13-11-19(26)12-14-20/h3-14,16,24,27H,15H2,1-2H3,(H,28,30). The average molecular weight is 450 g/mol. The molecule has 1 heterocycles. The molecule has 2 amide bonds. The molecule has 1 aliphatic heterocycles. The zero-order valence-corrected chi connectivity index (χ0v) is 18.6. The van der Waals surface area contributed by atoms with Crippen LogP contribution < -0.4 is 15.5 Å². The Hall–Kier alpha value is -3.51. The van der Waals surface area contributed by atoms with Crippen molar-refractivity contribution < 1.29 is 14.3 Å². The van der Waals surface area contributed by atoms with Crippen molar-refractivity contribution in [3.8, 4) is 5.75 Å². The molecule has 3 aromatic carbocycles. The third kappa shape index (κ3) is 4.70. The zero-order valence-electron chi connectivity index (χ0n) is 17.8. The highest BCUT2D eigenvalue weighted by Crippen LogP contribution is 2.32. The van der Waals surface area contributed by atoms with Crippen molar-refractivity contribution in [1.29, 1.82) is 0 Å². The van der Waals surface area contributed by atoms with E-state index in [-0.39, 0.29) is 12.5 Å². The minimum atomic E-state index is -0.557. The normalized spacial score (nSPS) is 15.2. The van der Waals surface area contributed by atoms with Crippen molar-refractivity contribution in [1.82, 2.24) is 10.4 Å². The van der Waals surface area contributed by atoms with Gasteiger partial charge < -0.3 is 10.1 Å². The fourth-order valence-corrected chi connectivity index (χ4v) is 3.64. The van der Waals surface area contributed by atoms with E-state index in [0.29, 0.717) is 22.3 Å². The Bertz CT molecular complexity index is 1110. The van der Waals surface area contributed by atoms with Gasteiger partial charge in [-0.25, -0.2) is 5.01 Å². The molecular formula is C25H24ClN3O3. The highest BCUT2D eigenvalue weighted by atomic mass is 35.5. The van der Waals surface area contributed by atoms with Gasteiger partial charge in [0.2, 0.25) is 0 Å². The summed E-state index contributed by atoms with van der Waals surface area (Å²) in [7, 11) is 0. The van der Waals surface area contributed by atoms with Gasteiger partial charge in [-0.1, -0.05) is 61.8 Å². The molecule has 1 aliphatic rings. The van der Waals surface area contributed by atoms with Crippen molar-refractivity contribution in [3.63, 3.8) is 0 Å². The van der Waals surface area contributed by atoms with E-state index in [9.17, 15) is 9.59 Å². The van der Waals surface area contributed by atoms with Crippen LogP contribution in [0.25, 0.3) is 0 Å². The Morgan fingerprint density at radius 3 is 2.44 bits per heavy atom. The Morgan fingerprint density at radius 2 is 1.75 bits per heavy atom. The molecule has 0 radical (unpaired) electrons. The SMILES string of the molecule is CC(C)c1ccc(C2Nc3ccccc3C(=O)N2NC(=O)COc2ccc(Cl)cc2)cc1. The van der Waals surface area contributed by atoms with Crippen LogP contribution in [0.15, 0.2) is 72.8 Å². The summed E-state index contributed by atoms with van der Waals surface area (Å²) in [5, 5.41) is 5.26. The van der Waals surface area contributed by atoms with Crippen LogP contribution in [0.2, 0.25) is 5.02 Å². The monoisotopic (exact) mass is 449 g/mol. The lowest BCUT2D eigenvalue weighted by atomic mass is 9.99. The van der Waals surface area contributed by atoms with Gasteiger partial charge in [-0.05, 0) is 53.4 Å². The van der Waals surface area contributed by atoms with E-state index in [0.717, 1.165) is 11.3 Å². The maximum atomic E-state index is 13.2. The number of para-hydroxylation sites is 1. The lowest BCUT2D eigenvalue weighted by Gasteiger charge is -2.37. The summed E-state index contributed by atoms with van der Waals surface area (Å²) in [5.41, 5.74) is 5.97. The summed E-state index contributed by atoms with van der Waals surface area (Å²) in [5.74, 6) is 0.167. The summed E-state index contributed by atoms with van der Waals surface area (Å²) in [6.45, 7) is 4.01. The molecule has 7 heteroatoms. The van der Waals surface area contributed by atoms with Gasteiger partial charge in [0.05, 0.1) is 5.56 Å². The van der Waals surface area contributed by atoms with Crippen LogP contribution in [0.4, 0.5) is 5.69 Å². The van der Waals surface area contributed by atoms with E-state index in [1.165, 1.54) is 10.6 Å². The Balaban J connectivity index is 1.55. The molecule has 4 rings (SSSR count). The highest BCUT2D eigenvalue weighted by Gasteiger charge is 2.34. The summed E-state index contributed by atoms with van der Waals surface area (Å²) in [4.78, 5) is 25.9. The number of amides is 2. The first-order valence-corrected chi connectivity index (χ1v) is 10.8. The molecular weight excluding hydrogens is 426 g/mol. The second kappa shape index (κ2) is 9.32. The predicted molar refractivity (Wildman–Crippen MR) is 125 cm³/mol. The van der Waals surface area contributed by atoms with Gasteiger partial charge in [0.1, 0.15) is 11.9 Å². The molecule has 0 bridgehead atoms. The van der Waals surface area contributed by atoms with Crippen molar-refractivity contribution in [2.75, 3.05) is 11.9 Å². The van der Waals surface area contributed by atoms with Crippen LogP contribution in [0.3, 0.4) is 0 Å². The maximum absolute atomic E-state index is 13.2. The molecule has 6 nitrogen and oxygen atoms in total. The molecule has 164 valence electrons. The topological polar surface area (TPSA) is 70.7 Å². The average Bonchev–Trinajstić information content (AvgIpc) is 2.80. The third-order valence-electron chi connectivity index (χ3n) is 5.27. The number of benzene rings is 3. The van der Waals surface area contributed by atoms with Gasteiger partial charge in [0.15, 0.2) is 6.61 Å². The molecule has 0 saturated heterocycles. The second-order valence-electron chi connectivity index (χ2n) is 7.87. The number of nitrogens with one attached hydrogen (secondary N) is 2. The predicted octanol–water partition coefficient (Wildman–Crippen LogP) is 5.14. The number of carbonyl (C=O) groups excluding carboxylic acids is 2. The van der Waals surface area contributed by atoms with Gasteiger partial charge >= 0.3 is 0 Å². The first-order chi connectivity index (χ1) is 15.4.